The van der Waals surface area contributed by atoms with Crippen LogP contribution in [0.5, 0.6) is 0 Å². The van der Waals surface area contributed by atoms with Gasteiger partial charge in [-0.15, -0.1) is 0 Å². The molecule has 140 valence electrons. The predicted octanol–water partition coefficient (Wildman–Crippen LogP) is 2.47. The topological polar surface area (TPSA) is 50.6 Å². The summed E-state index contributed by atoms with van der Waals surface area (Å²) in [6.45, 7) is 5.33. The molecule has 1 aromatic rings. The van der Waals surface area contributed by atoms with Crippen molar-refractivity contribution in [1.82, 2.24) is 14.7 Å². The molecule has 2 aliphatic heterocycles. The molecule has 2 aliphatic rings. The summed E-state index contributed by atoms with van der Waals surface area (Å²) in [5.41, 5.74) is 1.83. The Morgan fingerprint density at radius 3 is 2.65 bits per heavy atom. The van der Waals surface area contributed by atoms with E-state index in [1.54, 1.807) is 0 Å². The first-order valence-electron chi connectivity index (χ1n) is 9.86. The Morgan fingerprint density at radius 1 is 1.15 bits per heavy atom. The van der Waals surface area contributed by atoms with Gasteiger partial charge in [-0.1, -0.05) is 24.6 Å². The molecule has 5 nitrogen and oxygen atoms in total. The molecule has 0 aromatic heterocycles. The van der Waals surface area contributed by atoms with E-state index in [-0.39, 0.29) is 0 Å². The summed E-state index contributed by atoms with van der Waals surface area (Å²) >= 11 is 0. The van der Waals surface area contributed by atoms with E-state index in [4.69, 9.17) is 0 Å². The number of likely N-dealkylation sites (tertiary alicyclic amines) is 1. The molecule has 0 spiro atoms. The van der Waals surface area contributed by atoms with Gasteiger partial charge in [-0.2, -0.15) is 5.26 Å². The summed E-state index contributed by atoms with van der Waals surface area (Å²) in [6.07, 6.45) is 5.48. The van der Waals surface area contributed by atoms with Crippen LogP contribution in [0, 0.1) is 11.3 Å². The Labute approximate surface area is 157 Å². The zero-order valence-electron chi connectivity index (χ0n) is 15.9. The molecule has 5 heteroatoms. The van der Waals surface area contributed by atoms with E-state index in [0.29, 0.717) is 18.4 Å². The highest BCUT2D eigenvalue weighted by Crippen LogP contribution is 2.20. The molecule has 0 aliphatic carbocycles. The van der Waals surface area contributed by atoms with Gasteiger partial charge in [-0.05, 0) is 44.5 Å². The van der Waals surface area contributed by atoms with Crippen LogP contribution in [0.25, 0.3) is 0 Å². The van der Waals surface area contributed by atoms with Gasteiger partial charge in [0.15, 0.2) is 0 Å². The molecule has 0 unspecified atom stereocenters. The first kappa shape index (κ1) is 18.9. The average Bonchev–Trinajstić information content (AvgIpc) is 2.68. The minimum atomic E-state index is 0.307. The number of rotatable bonds is 5. The highest BCUT2D eigenvalue weighted by atomic mass is 16.2. The van der Waals surface area contributed by atoms with E-state index >= 15 is 0 Å². The maximum absolute atomic E-state index is 12.6. The minimum absolute atomic E-state index is 0.307. The van der Waals surface area contributed by atoms with Crippen LogP contribution in [0.1, 0.15) is 43.2 Å². The maximum atomic E-state index is 12.6. The summed E-state index contributed by atoms with van der Waals surface area (Å²) in [5, 5.41) is 9.22. The molecule has 26 heavy (non-hydrogen) atoms. The number of carbonyl (C=O) groups excluding carboxylic acids is 1. The second-order valence-electron chi connectivity index (χ2n) is 7.59. The van der Waals surface area contributed by atoms with E-state index in [0.717, 1.165) is 50.3 Å². The van der Waals surface area contributed by atoms with Crippen molar-refractivity contribution in [2.75, 3.05) is 39.8 Å². The van der Waals surface area contributed by atoms with Gasteiger partial charge in [0.25, 0.3) is 0 Å². The number of nitriles is 1. The minimum Gasteiger partial charge on any atom is -0.340 e. The molecule has 0 bridgehead atoms. The van der Waals surface area contributed by atoms with Gasteiger partial charge in [-0.3, -0.25) is 9.69 Å². The predicted molar refractivity (Wildman–Crippen MR) is 103 cm³/mol. The summed E-state index contributed by atoms with van der Waals surface area (Å²) < 4.78 is 0. The molecule has 1 amide bonds. The van der Waals surface area contributed by atoms with Crippen LogP contribution in [0.4, 0.5) is 0 Å². The third-order valence-corrected chi connectivity index (χ3v) is 5.87. The van der Waals surface area contributed by atoms with E-state index in [2.05, 4.69) is 22.9 Å². The van der Waals surface area contributed by atoms with Crippen molar-refractivity contribution < 1.29 is 4.79 Å². The van der Waals surface area contributed by atoms with Gasteiger partial charge in [0.2, 0.25) is 5.91 Å². The van der Waals surface area contributed by atoms with Crippen molar-refractivity contribution in [3.63, 3.8) is 0 Å². The van der Waals surface area contributed by atoms with E-state index in [9.17, 15) is 10.1 Å². The van der Waals surface area contributed by atoms with E-state index in [1.165, 1.54) is 25.8 Å². The van der Waals surface area contributed by atoms with Crippen molar-refractivity contribution in [1.29, 1.82) is 5.26 Å². The summed E-state index contributed by atoms with van der Waals surface area (Å²) in [4.78, 5) is 19.3. The maximum Gasteiger partial charge on any atom is 0.222 e. The van der Waals surface area contributed by atoms with Crippen LogP contribution >= 0.6 is 0 Å². The van der Waals surface area contributed by atoms with Crippen molar-refractivity contribution in [3.8, 4) is 6.07 Å². The van der Waals surface area contributed by atoms with E-state index in [1.807, 2.05) is 29.2 Å². The van der Waals surface area contributed by atoms with Crippen molar-refractivity contribution in [2.45, 2.75) is 44.7 Å². The molecule has 0 saturated carbocycles. The fraction of sp³-hybridized carbons (Fsp3) is 0.619. The zero-order chi connectivity index (χ0) is 18.4. The van der Waals surface area contributed by atoms with Gasteiger partial charge in [0.05, 0.1) is 11.6 Å². The number of amides is 1. The Bertz CT molecular complexity index is 646. The summed E-state index contributed by atoms with van der Waals surface area (Å²) in [5.74, 6) is 0.307. The molecular weight excluding hydrogens is 324 g/mol. The van der Waals surface area contributed by atoms with Gasteiger partial charge in [0.1, 0.15) is 0 Å². The normalized spacial score (nSPS) is 22.2. The zero-order valence-corrected chi connectivity index (χ0v) is 15.9. The lowest BCUT2D eigenvalue weighted by Gasteiger charge is -2.36. The molecule has 2 heterocycles. The highest BCUT2D eigenvalue weighted by Gasteiger charge is 2.24. The Balaban J connectivity index is 1.43. The van der Waals surface area contributed by atoms with Crippen molar-refractivity contribution in [3.05, 3.63) is 35.4 Å². The van der Waals surface area contributed by atoms with Gasteiger partial charge >= 0.3 is 0 Å². The first-order valence-corrected chi connectivity index (χ1v) is 9.86. The molecule has 0 radical (unpaired) electrons. The Hall–Kier alpha value is -1.90. The second-order valence-corrected chi connectivity index (χ2v) is 7.59. The third kappa shape index (κ3) is 4.84. The third-order valence-electron chi connectivity index (χ3n) is 5.87. The van der Waals surface area contributed by atoms with Gasteiger partial charge in [0, 0.05) is 45.2 Å². The van der Waals surface area contributed by atoms with Crippen molar-refractivity contribution >= 4 is 5.91 Å². The van der Waals surface area contributed by atoms with Gasteiger partial charge < -0.3 is 9.80 Å². The lowest BCUT2D eigenvalue weighted by molar-refractivity contribution is -0.133. The molecule has 0 N–H and O–H groups in total. The summed E-state index contributed by atoms with van der Waals surface area (Å²) in [6, 6.07) is 10.6. The first-order chi connectivity index (χ1) is 12.7. The standard InChI is InChI=1S/C21H30N4O/c1-23-11-5-4-8-20(23)9-10-21(26)25-14-12-24(13-15-25)17-19-7-3-2-6-18(19)16-22/h2-3,6-7,20H,4-5,8-15,17H2,1H3/t20-/m0/s1. The molecule has 1 atom stereocenters. The summed E-state index contributed by atoms with van der Waals surface area (Å²) in [7, 11) is 2.19. The van der Waals surface area contributed by atoms with Crippen LogP contribution < -0.4 is 0 Å². The average molecular weight is 354 g/mol. The molecular formula is C21H30N4O. The molecule has 1 aromatic carbocycles. The largest absolute Gasteiger partial charge is 0.340 e. The quantitative estimate of drug-likeness (QED) is 0.815. The molecule has 2 saturated heterocycles. The number of benzene rings is 1. The molecule has 2 fully saturated rings. The van der Waals surface area contributed by atoms with Crippen LogP contribution in [0.2, 0.25) is 0 Å². The highest BCUT2D eigenvalue weighted by molar-refractivity contribution is 5.76. The number of nitrogens with zero attached hydrogens (tertiary/aromatic N) is 4. The smallest absolute Gasteiger partial charge is 0.222 e. The van der Waals surface area contributed by atoms with Crippen LogP contribution in [-0.2, 0) is 11.3 Å². The van der Waals surface area contributed by atoms with Crippen LogP contribution in [0.3, 0.4) is 0 Å². The number of piperidine rings is 1. The number of carbonyl (C=O) groups is 1. The van der Waals surface area contributed by atoms with Gasteiger partial charge in [-0.25, -0.2) is 0 Å². The monoisotopic (exact) mass is 354 g/mol. The van der Waals surface area contributed by atoms with Crippen molar-refractivity contribution in [2.24, 2.45) is 0 Å². The van der Waals surface area contributed by atoms with E-state index < -0.39 is 0 Å². The van der Waals surface area contributed by atoms with Crippen LogP contribution in [0.15, 0.2) is 24.3 Å². The number of hydrogen-bond donors (Lipinski definition) is 0. The fourth-order valence-corrected chi connectivity index (χ4v) is 4.12. The number of hydrogen-bond acceptors (Lipinski definition) is 4. The Kier molecular flexibility index (Phi) is 6.65. The Morgan fingerprint density at radius 2 is 1.92 bits per heavy atom. The fourth-order valence-electron chi connectivity index (χ4n) is 4.12. The SMILES string of the molecule is CN1CCCC[C@H]1CCC(=O)N1CCN(Cc2ccccc2C#N)CC1. The lowest BCUT2D eigenvalue weighted by atomic mass is 9.98. The lowest BCUT2D eigenvalue weighted by Crippen LogP contribution is -2.48. The van der Waals surface area contributed by atoms with Crippen LogP contribution in [-0.4, -0.2) is 66.4 Å². The number of piperazine rings is 1. The molecule has 3 rings (SSSR count). The second kappa shape index (κ2) is 9.16.